The Labute approximate surface area is 119 Å². The van der Waals surface area contributed by atoms with Crippen molar-refractivity contribution in [3.8, 4) is 0 Å². The fraction of sp³-hybridized carbons (Fsp3) is 0.312. The van der Waals surface area contributed by atoms with Gasteiger partial charge in [-0.25, -0.2) is 4.98 Å². The zero-order chi connectivity index (χ0) is 13.9. The van der Waals surface area contributed by atoms with Crippen LogP contribution in [0.5, 0.6) is 0 Å². The molecule has 1 unspecified atom stereocenters. The third-order valence-corrected chi connectivity index (χ3v) is 3.69. The van der Waals surface area contributed by atoms with E-state index in [0.717, 1.165) is 24.3 Å². The molecule has 104 valence electrons. The molecule has 3 heterocycles. The smallest absolute Gasteiger partial charge is 0.137 e. The van der Waals surface area contributed by atoms with Crippen LogP contribution in [0.3, 0.4) is 0 Å². The lowest BCUT2D eigenvalue weighted by Gasteiger charge is -2.11. The standard InChI is InChI=1S/C16H20N4/c1-3-15(17-2)13-7-9-19(10-13)11-14-12-20-8-5-4-6-16(20)18-14/h4-10,12,15,17H,3,11H2,1-2H3. The molecule has 20 heavy (non-hydrogen) atoms. The highest BCUT2D eigenvalue weighted by atomic mass is 15.0. The Morgan fingerprint density at radius 1 is 1.20 bits per heavy atom. The molecule has 0 aliphatic rings. The molecule has 0 radical (unpaired) electrons. The summed E-state index contributed by atoms with van der Waals surface area (Å²) in [6.45, 7) is 3.00. The maximum absolute atomic E-state index is 4.63. The van der Waals surface area contributed by atoms with Crippen LogP contribution in [0.15, 0.2) is 49.1 Å². The van der Waals surface area contributed by atoms with Crippen molar-refractivity contribution in [2.45, 2.75) is 25.9 Å². The van der Waals surface area contributed by atoms with Crippen LogP contribution in [0, 0.1) is 0 Å². The van der Waals surface area contributed by atoms with Crippen LogP contribution in [-0.2, 0) is 6.54 Å². The van der Waals surface area contributed by atoms with Crippen LogP contribution in [0.4, 0.5) is 0 Å². The second-order valence-corrected chi connectivity index (χ2v) is 5.07. The van der Waals surface area contributed by atoms with Crippen LogP contribution < -0.4 is 5.32 Å². The van der Waals surface area contributed by atoms with Crippen molar-refractivity contribution in [2.24, 2.45) is 0 Å². The van der Waals surface area contributed by atoms with Crippen molar-refractivity contribution in [3.63, 3.8) is 0 Å². The van der Waals surface area contributed by atoms with E-state index in [9.17, 15) is 0 Å². The molecule has 0 fully saturated rings. The van der Waals surface area contributed by atoms with Crippen LogP contribution >= 0.6 is 0 Å². The van der Waals surface area contributed by atoms with E-state index in [2.05, 4.69) is 50.8 Å². The van der Waals surface area contributed by atoms with Gasteiger partial charge in [-0.3, -0.25) is 0 Å². The molecule has 4 heteroatoms. The monoisotopic (exact) mass is 268 g/mol. The molecule has 0 spiro atoms. The Kier molecular flexibility index (Phi) is 3.56. The fourth-order valence-electron chi connectivity index (χ4n) is 2.62. The van der Waals surface area contributed by atoms with Crippen LogP contribution in [-0.4, -0.2) is 21.0 Å². The van der Waals surface area contributed by atoms with Gasteiger partial charge in [-0.1, -0.05) is 13.0 Å². The van der Waals surface area contributed by atoms with E-state index >= 15 is 0 Å². The van der Waals surface area contributed by atoms with Gasteiger partial charge < -0.3 is 14.3 Å². The summed E-state index contributed by atoms with van der Waals surface area (Å²) < 4.78 is 4.25. The van der Waals surface area contributed by atoms with Gasteiger partial charge in [0.15, 0.2) is 0 Å². The highest BCUT2D eigenvalue weighted by Crippen LogP contribution is 2.17. The van der Waals surface area contributed by atoms with Gasteiger partial charge in [-0.2, -0.15) is 0 Å². The number of rotatable bonds is 5. The molecule has 0 saturated carbocycles. The predicted octanol–water partition coefficient (Wildman–Crippen LogP) is 2.85. The number of hydrogen-bond acceptors (Lipinski definition) is 2. The molecule has 0 saturated heterocycles. The third-order valence-electron chi connectivity index (χ3n) is 3.69. The van der Waals surface area contributed by atoms with Crippen molar-refractivity contribution in [1.29, 1.82) is 0 Å². The zero-order valence-electron chi connectivity index (χ0n) is 12.0. The van der Waals surface area contributed by atoms with Crippen LogP contribution in [0.2, 0.25) is 0 Å². The Morgan fingerprint density at radius 3 is 2.85 bits per heavy atom. The summed E-state index contributed by atoms with van der Waals surface area (Å²) >= 11 is 0. The Bertz CT molecular complexity index is 658. The molecular formula is C16H20N4. The highest BCUT2D eigenvalue weighted by molar-refractivity contribution is 5.39. The van der Waals surface area contributed by atoms with E-state index in [0.29, 0.717) is 6.04 Å². The summed E-state index contributed by atoms with van der Waals surface area (Å²) in [6, 6.07) is 8.67. The number of nitrogens with zero attached hydrogens (tertiary/aromatic N) is 3. The van der Waals surface area contributed by atoms with Crippen molar-refractivity contribution in [2.75, 3.05) is 7.05 Å². The molecule has 0 amide bonds. The molecule has 0 aliphatic carbocycles. The molecular weight excluding hydrogens is 248 g/mol. The number of hydrogen-bond donors (Lipinski definition) is 1. The Balaban J connectivity index is 1.80. The summed E-state index contributed by atoms with van der Waals surface area (Å²) in [6.07, 6.45) is 9.54. The summed E-state index contributed by atoms with van der Waals surface area (Å²) in [5.74, 6) is 0. The average Bonchev–Trinajstić information content (AvgIpc) is 3.07. The highest BCUT2D eigenvalue weighted by Gasteiger charge is 2.08. The van der Waals surface area contributed by atoms with Crippen molar-refractivity contribution in [3.05, 3.63) is 60.3 Å². The number of nitrogens with one attached hydrogen (secondary N) is 1. The second kappa shape index (κ2) is 5.51. The maximum atomic E-state index is 4.63. The lowest BCUT2D eigenvalue weighted by molar-refractivity contribution is 0.575. The minimum absolute atomic E-state index is 0.428. The Morgan fingerprint density at radius 2 is 2.10 bits per heavy atom. The van der Waals surface area contributed by atoms with Gasteiger partial charge >= 0.3 is 0 Å². The Hall–Kier alpha value is -2.07. The first-order chi connectivity index (χ1) is 9.80. The lowest BCUT2D eigenvalue weighted by Crippen LogP contribution is -2.14. The van der Waals surface area contributed by atoms with E-state index in [-0.39, 0.29) is 0 Å². The van der Waals surface area contributed by atoms with E-state index in [1.54, 1.807) is 0 Å². The minimum atomic E-state index is 0.428. The van der Waals surface area contributed by atoms with Crippen molar-refractivity contribution >= 4 is 5.65 Å². The first-order valence-electron chi connectivity index (χ1n) is 7.05. The van der Waals surface area contributed by atoms with Crippen LogP contribution in [0.25, 0.3) is 5.65 Å². The normalized spacial score (nSPS) is 12.9. The summed E-state index contributed by atoms with van der Waals surface area (Å²) in [7, 11) is 2.01. The first-order valence-corrected chi connectivity index (χ1v) is 7.05. The molecule has 1 N–H and O–H groups in total. The maximum Gasteiger partial charge on any atom is 0.137 e. The summed E-state index contributed by atoms with van der Waals surface area (Å²) in [5, 5.41) is 3.33. The quantitative estimate of drug-likeness (QED) is 0.772. The van der Waals surface area contributed by atoms with Crippen molar-refractivity contribution < 1.29 is 0 Å². The van der Waals surface area contributed by atoms with E-state index < -0.39 is 0 Å². The van der Waals surface area contributed by atoms with Gasteiger partial charge in [0, 0.05) is 30.8 Å². The zero-order valence-corrected chi connectivity index (χ0v) is 12.0. The lowest BCUT2D eigenvalue weighted by atomic mass is 10.1. The number of imidazole rings is 1. The number of aromatic nitrogens is 3. The van der Waals surface area contributed by atoms with Gasteiger partial charge in [-0.15, -0.1) is 0 Å². The van der Waals surface area contributed by atoms with Gasteiger partial charge in [0.1, 0.15) is 5.65 Å². The van der Waals surface area contributed by atoms with E-state index in [4.69, 9.17) is 0 Å². The molecule has 3 aromatic rings. The first kappa shape index (κ1) is 12.9. The third kappa shape index (κ3) is 2.47. The predicted molar refractivity (Wildman–Crippen MR) is 80.8 cm³/mol. The average molecular weight is 268 g/mol. The molecule has 4 nitrogen and oxygen atoms in total. The second-order valence-electron chi connectivity index (χ2n) is 5.07. The largest absolute Gasteiger partial charge is 0.348 e. The summed E-state index contributed by atoms with van der Waals surface area (Å²) in [4.78, 5) is 4.63. The molecule has 3 rings (SSSR count). The fourth-order valence-corrected chi connectivity index (χ4v) is 2.62. The number of fused-ring (bicyclic) bond motifs is 1. The molecule has 0 aliphatic heterocycles. The SMILES string of the molecule is CCC(NC)c1ccn(Cc2cn3ccccc3n2)c1. The molecule has 0 bridgehead atoms. The molecule has 0 aromatic carbocycles. The van der Waals surface area contributed by atoms with Gasteiger partial charge in [0.05, 0.1) is 12.2 Å². The molecule has 3 aromatic heterocycles. The summed E-state index contributed by atoms with van der Waals surface area (Å²) in [5.41, 5.74) is 3.41. The van der Waals surface area contributed by atoms with E-state index in [1.165, 1.54) is 5.56 Å². The van der Waals surface area contributed by atoms with Gasteiger partial charge in [0.2, 0.25) is 0 Å². The number of pyridine rings is 1. The van der Waals surface area contributed by atoms with E-state index in [1.807, 2.05) is 31.4 Å². The topological polar surface area (TPSA) is 34.3 Å². The van der Waals surface area contributed by atoms with Crippen molar-refractivity contribution in [1.82, 2.24) is 19.3 Å². The molecule has 1 atom stereocenters. The van der Waals surface area contributed by atoms with Gasteiger partial charge in [-0.05, 0) is 37.2 Å². The van der Waals surface area contributed by atoms with Crippen LogP contribution in [0.1, 0.15) is 30.6 Å². The minimum Gasteiger partial charge on any atom is -0.348 e. The van der Waals surface area contributed by atoms with Gasteiger partial charge in [0.25, 0.3) is 0 Å².